The summed E-state index contributed by atoms with van der Waals surface area (Å²) in [5.74, 6) is 0. The summed E-state index contributed by atoms with van der Waals surface area (Å²) < 4.78 is 2.95. The highest BCUT2D eigenvalue weighted by Gasteiger charge is 2.22. The Labute approximate surface area is 131 Å². The van der Waals surface area contributed by atoms with E-state index in [2.05, 4.69) is 38.3 Å². The molecule has 2 aromatic rings. The van der Waals surface area contributed by atoms with Crippen LogP contribution in [0.2, 0.25) is 0 Å². The second kappa shape index (κ2) is 5.87. The van der Waals surface area contributed by atoms with Crippen LogP contribution < -0.4 is 5.32 Å². The van der Waals surface area contributed by atoms with Gasteiger partial charge in [-0.15, -0.1) is 0 Å². The van der Waals surface area contributed by atoms with E-state index < -0.39 is 0 Å². The van der Waals surface area contributed by atoms with Crippen molar-refractivity contribution in [3.8, 4) is 0 Å². The summed E-state index contributed by atoms with van der Waals surface area (Å²) in [5, 5.41) is 10.3. The topological polar surface area (TPSA) is 42.7 Å². The second-order valence-electron chi connectivity index (χ2n) is 5.06. The fourth-order valence-electron chi connectivity index (χ4n) is 2.07. The van der Waals surface area contributed by atoms with E-state index in [1.807, 2.05) is 30.1 Å². The van der Waals surface area contributed by atoms with Crippen LogP contribution in [0, 0.1) is 6.92 Å². The summed E-state index contributed by atoms with van der Waals surface area (Å²) in [6.07, 6.45) is 4.43. The third-order valence-corrected chi connectivity index (χ3v) is 4.96. The molecule has 2 aromatic heterocycles. The average molecular weight is 353 g/mol. The van der Waals surface area contributed by atoms with Crippen molar-refractivity contribution in [1.82, 2.24) is 20.1 Å². The van der Waals surface area contributed by atoms with E-state index >= 15 is 0 Å². The number of aromatic nitrogens is 3. The number of nitrogens with zero attached hydrogens (tertiary/aromatic N) is 3. The molecule has 0 saturated heterocycles. The lowest BCUT2D eigenvalue weighted by atomic mass is 10.2. The molecule has 1 aliphatic rings. The highest BCUT2D eigenvalue weighted by atomic mass is 79.9. The van der Waals surface area contributed by atoms with Gasteiger partial charge in [0.2, 0.25) is 0 Å². The van der Waals surface area contributed by atoms with Crippen LogP contribution >= 0.6 is 27.7 Å². The summed E-state index contributed by atoms with van der Waals surface area (Å²) in [7, 11) is 1.99. The Morgan fingerprint density at radius 3 is 2.90 bits per heavy atom. The standard InChI is InChI=1S/C14H17BrN4S/c1-9-12(8-16-11-4-5-11)14(19(2)18-9)20-13-6-3-10(15)7-17-13/h3,6-7,11,16H,4-5,8H2,1-2H3. The van der Waals surface area contributed by atoms with Gasteiger partial charge >= 0.3 is 0 Å². The number of rotatable bonds is 5. The minimum atomic E-state index is 0.707. The fourth-order valence-corrected chi connectivity index (χ4v) is 3.26. The van der Waals surface area contributed by atoms with Crippen molar-refractivity contribution < 1.29 is 0 Å². The molecule has 0 amide bonds. The molecule has 0 unspecified atom stereocenters. The number of halogens is 1. The van der Waals surface area contributed by atoms with E-state index in [0.29, 0.717) is 6.04 Å². The van der Waals surface area contributed by atoms with Gasteiger partial charge in [0.25, 0.3) is 0 Å². The largest absolute Gasteiger partial charge is 0.310 e. The minimum Gasteiger partial charge on any atom is -0.310 e. The first-order valence-corrected chi connectivity index (χ1v) is 8.29. The zero-order chi connectivity index (χ0) is 14.1. The molecule has 0 spiro atoms. The second-order valence-corrected chi connectivity index (χ2v) is 6.99. The summed E-state index contributed by atoms with van der Waals surface area (Å²) in [6.45, 7) is 2.96. The summed E-state index contributed by atoms with van der Waals surface area (Å²) in [4.78, 5) is 4.43. The monoisotopic (exact) mass is 352 g/mol. The van der Waals surface area contributed by atoms with Crippen LogP contribution in [-0.4, -0.2) is 20.8 Å². The maximum Gasteiger partial charge on any atom is 0.105 e. The Balaban J connectivity index is 1.81. The van der Waals surface area contributed by atoms with E-state index in [1.165, 1.54) is 23.4 Å². The van der Waals surface area contributed by atoms with Gasteiger partial charge in [0.05, 0.1) is 5.69 Å². The molecular formula is C14H17BrN4S. The summed E-state index contributed by atoms with van der Waals surface area (Å²) >= 11 is 5.08. The van der Waals surface area contributed by atoms with Gasteiger partial charge in [-0.1, -0.05) is 11.8 Å². The van der Waals surface area contributed by atoms with E-state index in [9.17, 15) is 0 Å². The average Bonchev–Trinajstić information content (AvgIpc) is 3.19. The Morgan fingerprint density at radius 1 is 1.45 bits per heavy atom. The van der Waals surface area contributed by atoms with Gasteiger partial charge in [-0.2, -0.15) is 5.10 Å². The van der Waals surface area contributed by atoms with Crippen LogP contribution in [0.15, 0.2) is 32.9 Å². The predicted molar refractivity (Wildman–Crippen MR) is 83.9 cm³/mol. The fraction of sp³-hybridized carbons (Fsp3) is 0.429. The Bertz CT molecular complexity index is 604. The first-order chi connectivity index (χ1) is 9.63. The molecule has 1 saturated carbocycles. The summed E-state index contributed by atoms with van der Waals surface area (Å²) in [5.41, 5.74) is 2.38. The SMILES string of the molecule is Cc1nn(C)c(Sc2ccc(Br)cn2)c1CNC1CC1. The molecule has 20 heavy (non-hydrogen) atoms. The number of hydrogen-bond acceptors (Lipinski definition) is 4. The molecule has 0 atom stereocenters. The van der Waals surface area contributed by atoms with Crippen molar-refractivity contribution in [3.05, 3.63) is 34.1 Å². The first kappa shape index (κ1) is 14.1. The molecule has 0 radical (unpaired) electrons. The van der Waals surface area contributed by atoms with Crippen LogP contribution in [0.3, 0.4) is 0 Å². The van der Waals surface area contributed by atoms with Crippen molar-refractivity contribution in [2.45, 2.75) is 42.4 Å². The van der Waals surface area contributed by atoms with Gasteiger partial charge in [0.1, 0.15) is 10.1 Å². The maximum absolute atomic E-state index is 4.54. The van der Waals surface area contributed by atoms with Gasteiger partial charge in [0.15, 0.2) is 0 Å². The zero-order valence-corrected chi connectivity index (χ0v) is 14.0. The van der Waals surface area contributed by atoms with Crippen LogP contribution in [-0.2, 0) is 13.6 Å². The molecule has 0 aromatic carbocycles. The van der Waals surface area contributed by atoms with Crippen LogP contribution in [0.5, 0.6) is 0 Å². The first-order valence-electron chi connectivity index (χ1n) is 6.69. The molecule has 0 bridgehead atoms. The molecule has 1 aliphatic carbocycles. The maximum atomic E-state index is 4.54. The third-order valence-electron chi connectivity index (χ3n) is 3.34. The molecule has 1 fully saturated rings. The number of hydrogen-bond donors (Lipinski definition) is 1. The molecule has 4 nitrogen and oxygen atoms in total. The molecular weight excluding hydrogens is 336 g/mol. The van der Waals surface area contributed by atoms with E-state index in [0.717, 1.165) is 21.7 Å². The summed E-state index contributed by atoms with van der Waals surface area (Å²) in [6, 6.07) is 4.74. The molecule has 0 aliphatic heterocycles. The Morgan fingerprint density at radius 2 is 2.25 bits per heavy atom. The number of nitrogens with one attached hydrogen (secondary N) is 1. The predicted octanol–water partition coefficient (Wildman–Crippen LogP) is 3.29. The van der Waals surface area contributed by atoms with Crippen molar-refractivity contribution >= 4 is 27.7 Å². The van der Waals surface area contributed by atoms with Gasteiger partial charge in [-0.3, -0.25) is 4.68 Å². The van der Waals surface area contributed by atoms with Crippen LogP contribution in [0.4, 0.5) is 0 Å². The lowest BCUT2D eigenvalue weighted by molar-refractivity contribution is 0.658. The highest BCUT2D eigenvalue weighted by molar-refractivity contribution is 9.10. The van der Waals surface area contributed by atoms with Crippen molar-refractivity contribution in [2.75, 3.05) is 0 Å². The lowest BCUT2D eigenvalue weighted by Gasteiger charge is -2.07. The normalized spacial score (nSPS) is 14.8. The van der Waals surface area contributed by atoms with Gasteiger partial charge in [0, 0.05) is 35.9 Å². The molecule has 6 heteroatoms. The lowest BCUT2D eigenvalue weighted by Crippen LogP contribution is -2.16. The van der Waals surface area contributed by atoms with E-state index in [4.69, 9.17) is 0 Å². The smallest absolute Gasteiger partial charge is 0.105 e. The zero-order valence-electron chi connectivity index (χ0n) is 11.6. The Hall–Kier alpha value is -0.850. The van der Waals surface area contributed by atoms with Crippen LogP contribution in [0.1, 0.15) is 24.1 Å². The van der Waals surface area contributed by atoms with E-state index in [1.54, 1.807) is 11.8 Å². The van der Waals surface area contributed by atoms with Crippen molar-refractivity contribution in [3.63, 3.8) is 0 Å². The van der Waals surface area contributed by atoms with Gasteiger partial charge in [-0.05, 0) is 47.8 Å². The van der Waals surface area contributed by atoms with E-state index in [-0.39, 0.29) is 0 Å². The molecule has 2 heterocycles. The third kappa shape index (κ3) is 3.24. The molecule has 1 N–H and O–H groups in total. The quantitative estimate of drug-likeness (QED) is 0.896. The van der Waals surface area contributed by atoms with Crippen molar-refractivity contribution in [2.24, 2.45) is 7.05 Å². The molecule has 3 rings (SSSR count). The number of aryl methyl sites for hydroxylation is 2. The van der Waals surface area contributed by atoms with Gasteiger partial charge in [-0.25, -0.2) is 4.98 Å². The molecule has 106 valence electrons. The number of pyridine rings is 1. The highest BCUT2D eigenvalue weighted by Crippen LogP contribution is 2.31. The van der Waals surface area contributed by atoms with Crippen LogP contribution in [0.25, 0.3) is 0 Å². The van der Waals surface area contributed by atoms with Crippen molar-refractivity contribution in [1.29, 1.82) is 0 Å². The minimum absolute atomic E-state index is 0.707. The van der Waals surface area contributed by atoms with Gasteiger partial charge < -0.3 is 5.32 Å². The Kier molecular flexibility index (Phi) is 4.14.